The van der Waals surface area contributed by atoms with Crippen LogP contribution in [0.4, 0.5) is 17.1 Å². The monoisotopic (exact) mass is 841 g/mol. The lowest BCUT2D eigenvalue weighted by molar-refractivity contribution is 0.670. The van der Waals surface area contributed by atoms with Crippen molar-refractivity contribution in [2.45, 2.75) is 0 Å². The molecule has 2 nitrogen and oxygen atoms in total. The summed E-state index contributed by atoms with van der Waals surface area (Å²) >= 11 is 0. The summed E-state index contributed by atoms with van der Waals surface area (Å²) in [6.07, 6.45) is 0. The van der Waals surface area contributed by atoms with E-state index in [1.54, 1.807) is 0 Å². The molecule has 0 radical (unpaired) electrons. The fourth-order valence-electron chi connectivity index (χ4n) is 9.83. The summed E-state index contributed by atoms with van der Waals surface area (Å²) in [4.78, 5) is 2.40. The highest BCUT2D eigenvalue weighted by Crippen LogP contribution is 2.47. The number of nitrogens with zero attached hydrogens (tertiary/aromatic N) is 1. The van der Waals surface area contributed by atoms with Gasteiger partial charge in [0, 0.05) is 33.1 Å². The molecule has 12 aromatic rings. The van der Waals surface area contributed by atoms with Crippen molar-refractivity contribution in [3.8, 4) is 66.8 Å². The molecular formula is C64H43NO. The quantitative estimate of drug-likeness (QED) is 0.144. The third-order valence-corrected chi connectivity index (χ3v) is 13.0. The number of benzene rings is 11. The summed E-state index contributed by atoms with van der Waals surface area (Å²) in [6, 6.07) is 93.8. The van der Waals surface area contributed by atoms with E-state index in [0.717, 1.165) is 55.5 Å². The molecule has 0 amide bonds. The van der Waals surface area contributed by atoms with Crippen molar-refractivity contribution < 1.29 is 4.42 Å². The zero-order valence-corrected chi connectivity index (χ0v) is 36.2. The third kappa shape index (κ3) is 6.93. The summed E-state index contributed by atoms with van der Waals surface area (Å²) in [7, 11) is 0. The molecular weight excluding hydrogens is 799 g/mol. The third-order valence-electron chi connectivity index (χ3n) is 13.0. The zero-order chi connectivity index (χ0) is 43.8. The summed E-state index contributed by atoms with van der Waals surface area (Å²) in [6.45, 7) is 0. The fraction of sp³-hybridized carbons (Fsp3) is 0. The van der Waals surface area contributed by atoms with Crippen molar-refractivity contribution in [2.24, 2.45) is 0 Å². The molecule has 0 spiro atoms. The summed E-state index contributed by atoms with van der Waals surface area (Å²) in [5.74, 6) is 0. The minimum atomic E-state index is 0.900. The van der Waals surface area contributed by atoms with Crippen molar-refractivity contribution in [1.82, 2.24) is 0 Å². The number of hydrogen-bond donors (Lipinski definition) is 0. The Morgan fingerprint density at radius 1 is 0.227 bits per heavy atom. The van der Waals surface area contributed by atoms with Crippen LogP contribution in [0.2, 0.25) is 0 Å². The molecule has 0 N–H and O–H groups in total. The van der Waals surface area contributed by atoms with E-state index in [2.05, 4.69) is 254 Å². The number of fused-ring (bicyclic) bond motifs is 4. The summed E-state index contributed by atoms with van der Waals surface area (Å²) < 4.78 is 6.48. The molecule has 12 rings (SSSR count). The van der Waals surface area contributed by atoms with E-state index in [0.29, 0.717) is 0 Å². The van der Waals surface area contributed by atoms with Gasteiger partial charge in [-0.1, -0.05) is 224 Å². The van der Waals surface area contributed by atoms with E-state index in [9.17, 15) is 0 Å². The van der Waals surface area contributed by atoms with Crippen LogP contribution >= 0.6 is 0 Å². The zero-order valence-electron chi connectivity index (χ0n) is 36.2. The van der Waals surface area contributed by atoms with Gasteiger partial charge < -0.3 is 9.32 Å². The average Bonchev–Trinajstić information content (AvgIpc) is 3.79. The first-order valence-electron chi connectivity index (χ1n) is 22.6. The Morgan fingerprint density at radius 3 is 1.26 bits per heavy atom. The van der Waals surface area contributed by atoms with E-state index in [4.69, 9.17) is 4.42 Å². The highest BCUT2D eigenvalue weighted by molar-refractivity contribution is 6.11. The van der Waals surface area contributed by atoms with Crippen LogP contribution in [0, 0.1) is 0 Å². The van der Waals surface area contributed by atoms with Crippen LogP contribution in [0.25, 0.3) is 99.5 Å². The fourth-order valence-corrected chi connectivity index (χ4v) is 9.83. The van der Waals surface area contributed by atoms with Crippen molar-refractivity contribution >= 4 is 49.8 Å². The molecule has 1 aromatic heterocycles. The lowest BCUT2D eigenvalue weighted by Crippen LogP contribution is -2.10. The van der Waals surface area contributed by atoms with Crippen molar-refractivity contribution in [3.63, 3.8) is 0 Å². The van der Waals surface area contributed by atoms with Gasteiger partial charge in [-0.15, -0.1) is 0 Å². The van der Waals surface area contributed by atoms with Gasteiger partial charge >= 0.3 is 0 Å². The molecule has 0 aliphatic heterocycles. The van der Waals surface area contributed by atoms with E-state index < -0.39 is 0 Å². The standard InChI is InChI=1S/C64H43NO/c1-3-18-44(19-4-1)45-34-38-48(39-35-45)65(49-40-36-47(37-41-49)51-31-17-32-61-60-30-15-16-33-63(60)66-64(51)61)62-43-42-58(57-28-13-14-29-59(57)62)56-27-12-11-26-55(56)54-25-10-9-24-53(54)52-23-8-7-22-50(52)46-20-5-2-6-21-46/h1-43H. The molecule has 2 heteroatoms. The highest BCUT2D eigenvalue weighted by Gasteiger charge is 2.21. The largest absolute Gasteiger partial charge is 0.455 e. The highest BCUT2D eigenvalue weighted by atomic mass is 16.3. The molecule has 0 aliphatic rings. The lowest BCUT2D eigenvalue weighted by Gasteiger charge is -2.28. The van der Waals surface area contributed by atoms with Crippen LogP contribution in [-0.4, -0.2) is 0 Å². The number of anilines is 3. The molecule has 0 aliphatic carbocycles. The Labute approximate surface area is 384 Å². The molecule has 310 valence electrons. The average molecular weight is 842 g/mol. The van der Waals surface area contributed by atoms with Gasteiger partial charge in [-0.3, -0.25) is 0 Å². The van der Waals surface area contributed by atoms with Gasteiger partial charge in [0.1, 0.15) is 11.2 Å². The van der Waals surface area contributed by atoms with E-state index in [1.807, 2.05) is 12.1 Å². The van der Waals surface area contributed by atoms with E-state index in [-0.39, 0.29) is 0 Å². The number of rotatable bonds is 9. The molecule has 0 unspecified atom stereocenters. The molecule has 1 heterocycles. The van der Waals surface area contributed by atoms with E-state index >= 15 is 0 Å². The van der Waals surface area contributed by atoms with Gasteiger partial charge in [0.25, 0.3) is 0 Å². The molecule has 0 saturated carbocycles. The van der Waals surface area contributed by atoms with Gasteiger partial charge in [0.2, 0.25) is 0 Å². The second-order valence-electron chi connectivity index (χ2n) is 16.8. The van der Waals surface area contributed by atoms with Crippen LogP contribution in [0.5, 0.6) is 0 Å². The lowest BCUT2D eigenvalue weighted by atomic mass is 9.85. The van der Waals surface area contributed by atoms with Crippen LogP contribution in [0.3, 0.4) is 0 Å². The van der Waals surface area contributed by atoms with Crippen molar-refractivity contribution in [3.05, 3.63) is 261 Å². The Bertz CT molecular complexity index is 3680. The maximum atomic E-state index is 6.48. The number of hydrogen-bond acceptors (Lipinski definition) is 2. The van der Waals surface area contributed by atoms with Crippen LogP contribution < -0.4 is 4.90 Å². The first-order valence-corrected chi connectivity index (χ1v) is 22.6. The van der Waals surface area contributed by atoms with Gasteiger partial charge in [0.05, 0.1) is 5.69 Å². The molecule has 0 fully saturated rings. The van der Waals surface area contributed by atoms with Crippen LogP contribution in [0.1, 0.15) is 0 Å². The summed E-state index contributed by atoms with van der Waals surface area (Å²) in [5.41, 5.74) is 19.2. The van der Waals surface area contributed by atoms with Gasteiger partial charge in [-0.25, -0.2) is 0 Å². The second-order valence-corrected chi connectivity index (χ2v) is 16.8. The Morgan fingerprint density at radius 2 is 0.636 bits per heavy atom. The Hall–Kier alpha value is -8.72. The SMILES string of the molecule is c1ccc(-c2ccc(N(c3ccc(-c4cccc5c4oc4ccccc45)cc3)c3ccc(-c4ccccc4-c4ccccc4-c4ccccc4-c4ccccc4)c4ccccc34)cc2)cc1. The molecule has 0 atom stereocenters. The van der Waals surface area contributed by atoms with Gasteiger partial charge in [0.15, 0.2) is 0 Å². The first-order chi connectivity index (χ1) is 32.8. The Balaban J connectivity index is 0.997. The Kier molecular flexibility index (Phi) is 9.89. The number of para-hydroxylation sites is 2. The van der Waals surface area contributed by atoms with Crippen LogP contribution in [-0.2, 0) is 0 Å². The topological polar surface area (TPSA) is 16.4 Å². The molecule has 66 heavy (non-hydrogen) atoms. The second kappa shape index (κ2) is 16.8. The predicted octanol–water partition coefficient (Wildman–Crippen LogP) is 18.2. The maximum absolute atomic E-state index is 6.48. The van der Waals surface area contributed by atoms with E-state index in [1.165, 1.54) is 61.0 Å². The normalized spacial score (nSPS) is 11.3. The predicted molar refractivity (Wildman–Crippen MR) is 279 cm³/mol. The van der Waals surface area contributed by atoms with Gasteiger partial charge in [-0.05, 0) is 103 Å². The minimum absolute atomic E-state index is 0.900. The van der Waals surface area contributed by atoms with Crippen LogP contribution in [0.15, 0.2) is 265 Å². The summed E-state index contributed by atoms with van der Waals surface area (Å²) in [5, 5.41) is 4.60. The first kappa shape index (κ1) is 38.9. The molecule has 0 bridgehead atoms. The maximum Gasteiger partial charge on any atom is 0.143 e. The smallest absolute Gasteiger partial charge is 0.143 e. The van der Waals surface area contributed by atoms with Crippen molar-refractivity contribution in [1.29, 1.82) is 0 Å². The van der Waals surface area contributed by atoms with Crippen molar-refractivity contribution in [2.75, 3.05) is 4.90 Å². The molecule has 11 aromatic carbocycles. The minimum Gasteiger partial charge on any atom is -0.455 e. The van der Waals surface area contributed by atoms with Gasteiger partial charge in [-0.2, -0.15) is 0 Å². The number of furan rings is 1. The molecule has 0 saturated heterocycles.